The van der Waals surface area contributed by atoms with Gasteiger partial charge in [0.05, 0.1) is 4.90 Å². The van der Waals surface area contributed by atoms with Gasteiger partial charge in [-0.2, -0.15) is 4.31 Å². The predicted molar refractivity (Wildman–Crippen MR) is 85.3 cm³/mol. The van der Waals surface area contributed by atoms with E-state index in [0.29, 0.717) is 12.1 Å². The highest BCUT2D eigenvalue weighted by atomic mass is 32.2. The van der Waals surface area contributed by atoms with Crippen LogP contribution in [0.5, 0.6) is 0 Å². The maximum atomic E-state index is 12.8. The summed E-state index contributed by atoms with van der Waals surface area (Å²) in [5, 5.41) is 2.00. The van der Waals surface area contributed by atoms with Crippen LogP contribution in [0.4, 0.5) is 0 Å². The molecule has 1 aromatic heterocycles. The third kappa shape index (κ3) is 2.45. The molecule has 1 amide bonds. The zero-order valence-electron chi connectivity index (χ0n) is 12.0. The lowest BCUT2D eigenvalue weighted by Gasteiger charge is -2.32. The Hall–Kier alpha value is -1.70. The number of thiophene rings is 1. The van der Waals surface area contributed by atoms with E-state index in [9.17, 15) is 13.2 Å². The van der Waals surface area contributed by atoms with Crippen LogP contribution in [0.15, 0.2) is 40.6 Å². The average molecular weight is 336 g/mol. The van der Waals surface area contributed by atoms with Crippen LogP contribution in [-0.4, -0.2) is 25.2 Å². The third-order valence-electron chi connectivity index (χ3n) is 3.97. The summed E-state index contributed by atoms with van der Waals surface area (Å²) in [7, 11) is -3.59. The summed E-state index contributed by atoms with van der Waals surface area (Å²) in [6, 6.07) is 7.56. The standard InChI is InChI=1S/C15H16N2O3S2/c1-10-13-7-9-21-14(13)6-8-17(10)22(19,20)12-4-2-11(3-5-12)15(16)18/h2-5,7,9-10H,6,8H2,1H3,(H2,16,18)/t10-/m1/s1. The number of carbonyl (C=O) groups is 1. The van der Waals surface area contributed by atoms with Crippen molar-refractivity contribution < 1.29 is 13.2 Å². The minimum absolute atomic E-state index is 0.183. The number of rotatable bonds is 3. The van der Waals surface area contributed by atoms with Crippen LogP contribution in [0.2, 0.25) is 0 Å². The molecule has 0 aliphatic carbocycles. The van der Waals surface area contributed by atoms with Crippen molar-refractivity contribution in [3.63, 3.8) is 0 Å². The molecule has 0 fully saturated rings. The van der Waals surface area contributed by atoms with E-state index in [1.165, 1.54) is 33.4 Å². The van der Waals surface area contributed by atoms with Crippen molar-refractivity contribution >= 4 is 27.3 Å². The van der Waals surface area contributed by atoms with Gasteiger partial charge in [-0.3, -0.25) is 4.79 Å². The lowest BCUT2D eigenvalue weighted by atomic mass is 10.0. The fraction of sp³-hybridized carbons (Fsp3) is 0.267. The number of amides is 1. The van der Waals surface area contributed by atoms with Crippen molar-refractivity contribution in [3.05, 3.63) is 51.7 Å². The van der Waals surface area contributed by atoms with Crippen molar-refractivity contribution in [2.45, 2.75) is 24.3 Å². The quantitative estimate of drug-likeness (QED) is 0.932. The first-order valence-electron chi connectivity index (χ1n) is 6.89. The van der Waals surface area contributed by atoms with E-state index in [1.54, 1.807) is 11.3 Å². The number of nitrogens with zero attached hydrogens (tertiary/aromatic N) is 1. The molecule has 1 aromatic carbocycles. The van der Waals surface area contributed by atoms with E-state index in [0.717, 1.165) is 12.0 Å². The fourth-order valence-electron chi connectivity index (χ4n) is 2.74. The van der Waals surface area contributed by atoms with Crippen LogP contribution >= 0.6 is 11.3 Å². The Morgan fingerprint density at radius 3 is 2.59 bits per heavy atom. The van der Waals surface area contributed by atoms with Crippen LogP contribution in [0.1, 0.15) is 33.8 Å². The van der Waals surface area contributed by atoms with Gasteiger partial charge >= 0.3 is 0 Å². The highest BCUT2D eigenvalue weighted by Crippen LogP contribution is 2.36. The number of primary amides is 1. The SMILES string of the molecule is C[C@@H]1c2ccsc2CCN1S(=O)(=O)c1ccc(C(N)=O)cc1. The van der Waals surface area contributed by atoms with Crippen molar-refractivity contribution in [2.24, 2.45) is 5.73 Å². The van der Waals surface area contributed by atoms with Crippen LogP contribution in [-0.2, 0) is 16.4 Å². The second-order valence-corrected chi connectivity index (χ2v) is 8.12. The van der Waals surface area contributed by atoms with Gasteiger partial charge in [-0.15, -0.1) is 11.3 Å². The monoisotopic (exact) mass is 336 g/mol. The molecule has 0 bridgehead atoms. The molecule has 1 aliphatic heterocycles. The van der Waals surface area contributed by atoms with E-state index < -0.39 is 15.9 Å². The first kappa shape index (κ1) is 15.2. The smallest absolute Gasteiger partial charge is 0.248 e. The van der Waals surface area contributed by atoms with Crippen LogP contribution in [0.25, 0.3) is 0 Å². The number of carbonyl (C=O) groups excluding carboxylic acids is 1. The Morgan fingerprint density at radius 1 is 1.27 bits per heavy atom. The molecule has 2 aromatic rings. The highest BCUT2D eigenvalue weighted by Gasteiger charge is 2.34. The predicted octanol–water partition coefficient (Wildman–Crippen LogP) is 2.16. The number of nitrogens with two attached hydrogens (primary N) is 1. The first-order chi connectivity index (χ1) is 10.4. The average Bonchev–Trinajstić information content (AvgIpc) is 2.97. The molecule has 0 unspecified atom stereocenters. The summed E-state index contributed by atoms with van der Waals surface area (Å²) in [5.74, 6) is -0.571. The van der Waals surface area contributed by atoms with Gasteiger partial charge in [0.1, 0.15) is 0 Å². The molecule has 0 saturated carbocycles. The summed E-state index contributed by atoms with van der Waals surface area (Å²) in [6.07, 6.45) is 0.732. The molecular weight excluding hydrogens is 320 g/mol. The summed E-state index contributed by atoms with van der Waals surface area (Å²) in [4.78, 5) is 12.5. The first-order valence-corrected chi connectivity index (χ1v) is 9.21. The molecule has 2 heterocycles. The van der Waals surface area contributed by atoms with Crippen LogP contribution in [0.3, 0.4) is 0 Å². The summed E-state index contributed by atoms with van der Waals surface area (Å²) in [6.45, 7) is 2.37. The minimum atomic E-state index is -3.59. The maximum Gasteiger partial charge on any atom is 0.248 e. The zero-order chi connectivity index (χ0) is 15.9. The molecule has 0 saturated heterocycles. The Kier molecular flexibility index (Phi) is 3.80. The van der Waals surface area contributed by atoms with Crippen molar-refractivity contribution in [2.75, 3.05) is 6.54 Å². The molecule has 3 rings (SSSR count). The Morgan fingerprint density at radius 2 is 1.95 bits per heavy atom. The molecule has 1 aliphatic rings. The van der Waals surface area contributed by atoms with Gasteiger partial charge in [0.2, 0.25) is 15.9 Å². The molecule has 1 atom stereocenters. The third-order valence-corrected chi connectivity index (χ3v) is 6.95. The second kappa shape index (κ2) is 5.49. The van der Waals surface area contributed by atoms with Gasteiger partial charge in [-0.25, -0.2) is 8.42 Å². The van der Waals surface area contributed by atoms with Crippen molar-refractivity contribution in [1.82, 2.24) is 4.31 Å². The van der Waals surface area contributed by atoms with Gasteiger partial charge in [-0.1, -0.05) is 0 Å². The Labute approximate surface area is 133 Å². The van der Waals surface area contributed by atoms with E-state index in [4.69, 9.17) is 5.73 Å². The number of hydrogen-bond donors (Lipinski definition) is 1. The Balaban J connectivity index is 1.95. The Bertz CT molecular complexity index is 810. The van der Waals surface area contributed by atoms with E-state index >= 15 is 0 Å². The van der Waals surface area contributed by atoms with Crippen molar-refractivity contribution in [1.29, 1.82) is 0 Å². The number of fused-ring (bicyclic) bond motifs is 1. The van der Waals surface area contributed by atoms with Crippen LogP contribution < -0.4 is 5.73 Å². The molecule has 22 heavy (non-hydrogen) atoms. The van der Waals surface area contributed by atoms with Gasteiger partial charge in [-0.05, 0) is 54.6 Å². The van der Waals surface area contributed by atoms with E-state index in [2.05, 4.69) is 0 Å². The fourth-order valence-corrected chi connectivity index (χ4v) is 5.32. The van der Waals surface area contributed by atoms with Gasteiger partial charge in [0.15, 0.2) is 0 Å². The van der Waals surface area contributed by atoms with E-state index in [-0.39, 0.29) is 10.9 Å². The molecule has 0 radical (unpaired) electrons. The lowest BCUT2D eigenvalue weighted by Crippen LogP contribution is -2.38. The second-order valence-electron chi connectivity index (χ2n) is 5.23. The number of hydrogen-bond acceptors (Lipinski definition) is 4. The molecular formula is C15H16N2O3S2. The van der Waals surface area contributed by atoms with Gasteiger partial charge < -0.3 is 5.73 Å². The summed E-state index contributed by atoms with van der Waals surface area (Å²) >= 11 is 1.67. The van der Waals surface area contributed by atoms with E-state index in [1.807, 2.05) is 18.4 Å². The molecule has 7 heteroatoms. The van der Waals surface area contributed by atoms with Crippen molar-refractivity contribution in [3.8, 4) is 0 Å². The van der Waals surface area contributed by atoms with Gasteiger partial charge in [0.25, 0.3) is 0 Å². The summed E-state index contributed by atoms with van der Waals surface area (Å²) in [5.41, 5.74) is 6.56. The maximum absolute atomic E-state index is 12.8. The zero-order valence-corrected chi connectivity index (χ0v) is 13.7. The molecule has 2 N–H and O–H groups in total. The topological polar surface area (TPSA) is 80.5 Å². The molecule has 0 spiro atoms. The van der Waals surface area contributed by atoms with Crippen LogP contribution in [0, 0.1) is 0 Å². The summed E-state index contributed by atoms with van der Waals surface area (Å²) < 4.78 is 27.2. The normalized spacial score (nSPS) is 18.9. The lowest BCUT2D eigenvalue weighted by molar-refractivity contribution is 0.1000. The minimum Gasteiger partial charge on any atom is -0.366 e. The highest BCUT2D eigenvalue weighted by molar-refractivity contribution is 7.89. The molecule has 116 valence electrons. The number of sulfonamides is 1. The number of benzene rings is 1. The largest absolute Gasteiger partial charge is 0.366 e. The van der Waals surface area contributed by atoms with Gasteiger partial charge in [0, 0.05) is 23.0 Å². The molecule has 5 nitrogen and oxygen atoms in total.